The second-order valence-electron chi connectivity index (χ2n) is 4.21. The van der Waals surface area contributed by atoms with Crippen LogP contribution in [0.25, 0.3) is 0 Å². The molecule has 0 atom stereocenters. The summed E-state index contributed by atoms with van der Waals surface area (Å²) in [4.78, 5) is 20.6. The molecule has 2 rings (SSSR count). The van der Waals surface area contributed by atoms with Crippen LogP contribution in [0.1, 0.15) is 18.9 Å². The van der Waals surface area contributed by atoms with E-state index in [0.717, 1.165) is 8.95 Å². The Morgan fingerprint density at radius 1 is 1.27 bits per heavy atom. The Balaban J connectivity index is -0.000000390. The predicted molar refractivity (Wildman–Crippen MR) is 94.2 cm³/mol. The van der Waals surface area contributed by atoms with E-state index in [2.05, 4.69) is 44.8 Å². The Kier molecular flexibility index (Phi) is 19.2. The zero-order chi connectivity index (χ0) is 17.4. The minimum absolute atomic E-state index is 0. The SMILES string of the molecule is O=[N+]([O-])c1[c-]cccc1.[CH2-]c1cc(Br)cc(Br)c1OC(=O)CC.[W].[W].[W]. The van der Waals surface area contributed by atoms with Gasteiger partial charge in [0.15, 0.2) is 5.69 Å². The van der Waals surface area contributed by atoms with Gasteiger partial charge in [-0.25, -0.2) is 0 Å². The number of carbonyl (C=O) groups is 1. The Hall–Kier alpha value is 0.205. The molecule has 0 fully saturated rings. The molecule has 0 radical (unpaired) electrons. The van der Waals surface area contributed by atoms with Crippen molar-refractivity contribution in [2.45, 2.75) is 13.3 Å². The Morgan fingerprint density at radius 3 is 2.27 bits per heavy atom. The van der Waals surface area contributed by atoms with Gasteiger partial charge in [-0.3, -0.25) is 14.9 Å². The monoisotopic (exact) mass is 993 g/mol. The van der Waals surface area contributed by atoms with Crippen LogP contribution in [0.15, 0.2) is 45.3 Å². The van der Waals surface area contributed by atoms with Gasteiger partial charge in [-0.15, -0.1) is 12.1 Å². The van der Waals surface area contributed by atoms with E-state index in [1.165, 1.54) is 12.1 Å². The smallest absolute Gasteiger partial charge is 0.299 e. The number of hydrogen-bond acceptors (Lipinski definition) is 4. The van der Waals surface area contributed by atoms with Crippen molar-refractivity contribution in [2.75, 3.05) is 0 Å². The van der Waals surface area contributed by atoms with Crippen molar-refractivity contribution in [1.29, 1.82) is 0 Å². The summed E-state index contributed by atoms with van der Waals surface area (Å²) >= 11 is 6.63. The number of halogens is 2. The minimum atomic E-state index is -0.472. The molecule has 140 valence electrons. The fourth-order valence-corrected chi connectivity index (χ4v) is 2.81. The number of benzene rings is 2. The van der Waals surface area contributed by atoms with E-state index < -0.39 is 4.92 Å². The topological polar surface area (TPSA) is 69.4 Å². The number of para-hydroxylation sites is 1. The molecule has 0 saturated heterocycles. The van der Waals surface area contributed by atoms with Crippen molar-refractivity contribution in [2.24, 2.45) is 0 Å². The summed E-state index contributed by atoms with van der Waals surface area (Å²) in [5, 5.41) is 9.98. The molecule has 26 heavy (non-hydrogen) atoms. The van der Waals surface area contributed by atoms with Gasteiger partial charge in [0, 0.05) is 84.8 Å². The molecular weight excluding hydrogens is 982 g/mol. The van der Waals surface area contributed by atoms with Crippen LogP contribution < -0.4 is 4.74 Å². The predicted octanol–water partition coefficient (Wildman–Crippen LogP) is 5.10. The second kappa shape index (κ2) is 16.2. The number of nitrogens with zero attached hydrogens (tertiary/aromatic N) is 1. The van der Waals surface area contributed by atoms with Crippen LogP contribution in [0.2, 0.25) is 0 Å². The molecule has 0 heterocycles. The average Bonchev–Trinajstić information content (AvgIpc) is 2.52. The zero-order valence-corrected chi connectivity index (χ0v) is 25.4. The number of nitro benzene ring substituents is 1. The van der Waals surface area contributed by atoms with Crippen LogP contribution in [-0.4, -0.2) is 10.9 Å². The van der Waals surface area contributed by atoms with Crippen molar-refractivity contribution in [3.63, 3.8) is 0 Å². The summed E-state index contributed by atoms with van der Waals surface area (Å²) < 4.78 is 6.73. The minimum Gasteiger partial charge on any atom is -0.489 e. The van der Waals surface area contributed by atoms with Crippen molar-refractivity contribution < 1.29 is 77.7 Å². The number of ether oxygens (including phenoxy) is 1. The van der Waals surface area contributed by atoms with Crippen LogP contribution in [0.4, 0.5) is 5.69 Å². The first-order valence-corrected chi connectivity index (χ1v) is 8.06. The molecule has 2 aromatic carbocycles. The van der Waals surface area contributed by atoms with Gasteiger partial charge in [0.1, 0.15) is 0 Å². The van der Waals surface area contributed by atoms with Crippen LogP contribution in [0, 0.1) is 23.1 Å². The third-order valence-electron chi connectivity index (χ3n) is 2.48. The first-order chi connectivity index (χ1) is 10.8. The molecular formula is C16H13Br2NO4W3-2. The molecule has 0 aromatic heterocycles. The number of rotatable bonds is 3. The Morgan fingerprint density at radius 2 is 1.88 bits per heavy atom. The van der Waals surface area contributed by atoms with Crippen molar-refractivity contribution >= 4 is 43.5 Å². The molecule has 0 N–H and O–H groups in total. The fourth-order valence-electron chi connectivity index (χ4n) is 1.41. The van der Waals surface area contributed by atoms with Crippen LogP contribution in [0.5, 0.6) is 5.75 Å². The van der Waals surface area contributed by atoms with Gasteiger partial charge >= 0.3 is 0 Å². The van der Waals surface area contributed by atoms with Crippen molar-refractivity contribution in [3.05, 3.63) is 74.0 Å². The first kappa shape index (κ1) is 30.9. The van der Waals surface area contributed by atoms with Crippen molar-refractivity contribution in [1.82, 2.24) is 0 Å². The standard InChI is InChI=1S/C10H9Br2O2.C6H4NO2.3W/c1-3-9(13)14-10-6(2)4-7(11)5-8(10)12;8-7(9)6-4-2-1-3-5-6;;;/h4-5H,2-3H2,1H3;1-4H;;;/q2*-1;;;. The third-order valence-corrected chi connectivity index (χ3v) is 3.53. The van der Waals surface area contributed by atoms with E-state index in [1.807, 2.05) is 6.07 Å². The summed E-state index contributed by atoms with van der Waals surface area (Å²) in [6.07, 6.45) is 0.349. The third kappa shape index (κ3) is 11.1. The average molecular weight is 995 g/mol. The van der Waals surface area contributed by atoms with E-state index in [-0.39, 0.29) is 74.9 Å². The fraction of sp³-hybridized carbons (Fsp3) is 0.125. The van der Waals surface area contributed by atoms with Gasteiger partial charge in [0.2, 0.25) is 0 Å². The molecule has 0 unspecified atom stereocenters. The number of hydrogen-bond donors (Lipinski definition) is 0. The zero-order valence-electron chi connectivity index (χ0n) is 13.4. The van der Waals surface area contributed by atoms with Crippen LogP contribution >= 0.6 is 31.9 Å². The molecule has 0 spiro atoms. The Bertz CT molecular complexity index is 680. The quantitative estimate of drug-likeness (QED) is 0.141. The van der Waals surface area contributed by atoms with Crippen molar-refractivity contribution in [3.8, 4) is 5.75 Å². The van der Waals surface area contributed by atoms with Gasteiger partial charge in [0.25, 0.3) is 5.97 Å². The molecule has 0 saturated carbocycles. The summed E-state index contributed by atoms with van der Waals surface area (Å²) in [6.45, 7) is 5.54. The molecule has 0 bridgehead atoms. The number of carbonyl (C=O) groups excluding carboxylic acids is 1. The van der Waals surface area contributed by atoms with Gasteiger partial charge < -0.3 is 4.74 Å². The van der Waals surface area contributed by atoms with Gasteiger partial charge in [-0.05, 0) is 4.47 Å². The normalized spacial score (nSPS) is 8.42. The van der Waals surface area contributed by atoms with Gasteiger partial charge in [0.05, 0.1) is 0 Å². The van der Waals surface area contributed by atoms with Gasteiger partial charge in [-0.2, -0.15) is 30.7 Å². The number of esters is 1. The molecule has 5 nitrogen and oxygen atoms in total. The molecule has 0 aliphatic heterocycles. The summed E-state index contributed by atoms with van der Waals surface area (Å²) in [5.74, 6) is 0.220. The molecule has 0 amide bonds. The van der Waals surface area contributed by atoms with Crippen LogP contribution in [0.3, 0.4) is 0 Å². The maximum absolute atomic E-state index is 11.1. The van der Waals surface area contributed by atoms with Crippen LogP contribution in [-0.2, 0) is 68.0 Å². The maximum Gasteiger partial charge on any atom is 0.299 e. The van der Waals surface area contributed by atoms with E-state index in [1.54, 1.807) is 25.1 Å². The molecule has 2 aromatic rings. The molecule has 0 aliphatic rings. The molecule has 0 aliphatic carbocycles. The Labute approximate surface area is 212 Å². The summed E-state index contributed by atoms with van der Waals surface area (Å²) in [7, 11) is 0. The second-order valence-corrected chi connectivity index (χ2v) is 5.98. The molecule has 10 heteroatoms. The number of nitro groups is 1. The van der Waals surface area contributed by atoms with Gasteiger partial charge in [-0.1, -0.05) is 50.9 Å². The summed E-state index contributed by atoms with van der Waals surface area (Å²) in [6, 6.07) is 12.3. The van der Waals surface area contributed by atoms with E-state index >= 15 is 0 Å². The van der Waals surface area contributed by atoms with E-state index in [4.69, 9.17) is 4.74 Å². The maximum atomic E-state index is 11.1. The van der Waals surface area contributed by atoms with E-state index in [9.17, 15) is 14.9 Å². The summed E-state index contributed by atoms with van der Waals surface area (Å²) in [5.41, 5.74) is 0.686. The number of non-ortho nitro benzene ring substituents is 1. The largest absolute Gasteiger partial charge is 0.489 e. The first-order valence-electron chi connectivity index (χ1n) is 6.48. The van der Waals surface area contributed by atoms with E-state index in [0.29, 0.717) is 17.7 Å².